The van der Waals surface area contributed by atoms with Crippen molar-refractivity contribution in [3.63, 3.8) is 0 Å². The summed E-state index contributed by atoms with van der Waals surface area (Å²) >= 11 is 1.45. The Bertz CT molecular complexity index is 634. The molecule has 1 heterocycles. The van der Waals surface area contributed by atoms with Crippen molar-refractivity contribution in [3.05, 3.63) is 51.7 Å². The third-order valence-electron chi connectivity index (χ3n) is 2.81. The van der Waals surface area contributed by atoms with E-state index in [0.29, 0.717) is 16.1 Å². The fourth-order valence-corrected chi connectivity index (χ4v) is 2.60. The van der Waals surface area contributed by atoms with Crippen molar-refractivity contribution in [2.75, 3.05) is 12.4 Å². The molecule has 0 spiro atoms. The molecule has 0 radical (unpaired) electrons. The van der Waals surface area contributed by atoms with Gasteiger partial charge in [0.2, 0.25) is 0 Å². The molecule has 1 N–H and O–H groups in total. The Hall–Kier alpha value is -2.14. The fourth-order valence-electron chi connectivity index (χ4n) is 1.75. The van der Waals surface area contributed by atoms with Gasteiger partial charge in [0, 0.05) is 4.88 Å². The molecule has 2 aromatic rings. The number of nitrogens with one attached hydrogen (secondary N) is 1. The van der Waals surface area contributed by atoms with Gasteiger partial charge in [-0.05, 0) is 30.7 Å². The van der Waals surface area contributed by atoms with Crippen LogP contribution < -0.4 is 5.32 Å². The van der Waals surface area contributed by atoms with Crippen LogP contribution in [0.15, 0.2) is 36.4 Å². The number of aryl methyl sites for hydroxylation is 1. The lowest BCUT2D eigenvalue weighted by atomic mass is 10.2. The van der Waals surface area contributed by atoms with Gasteiger partial charge in [-0.1, -0.05) is 19.1 Å². The molecule has 0 aliphatic heterocycles. The second-order valence-electron chi connectivity index (χ2n) is 4.11. The van der Waals surface area contributed by atoms with Crippen LogP contribution >= 0.6 is 11.3 Å². The first-order chi connectivity index (χ1) is 9.65. The number of amides is 1. The zero-order valence-electron chi connectivity index (χ0n) is 11.3. The van der Waals surface area contributed by atoms with Crippen LogP contribution in [0.4, 0.5) is 5.69 Å². The van der Waals surface area contributed by atoms with E-state index in [1.165, 1.54) is 18.4 Å². The van der Waals surface area contributed by atoms with Gasteiger partial charge in [0.25, 0.3) is 5.91 Å². The van der Waals surface area contributed by atoms with Gasteiger partial charge in [-0.2, -0.15) is 0 Å². The van der Waals surface area contributed by atoms with Crippen LogP contribution in [0.2, 0.25) is 0 Å². The quantitative estimate of drug-likeness (QED) is 0.878. The normalized spacial score (nSPS) is 10.1. The molecule has 0 saturated carbocycles. The van der Waals surface area contributed by atoms with E-state index in [9.17, 15) is 9.59 Å². The van der Waals surface area contributed by atoms with Crippen molar-refractivity contribution in [2.24, 2.45) is 0 Å². The smallest absolute Gasteiger partial charge is 0.339 e. The second kappa shape index (κ2) is 6.34. The zero-order chi connectivity index (χ0) is 14.5. The van der Waals surface area contributed by atoms with E-state index >= 15 is 0 Å². The van der Waals surface area contributed by atoms with E-state index in [0.717, 1.165) is 11.3 Å². The molecule has 0 aliphatic rings. The number of para-hydroxylation sites is 1. The molecule has 104 valence electrons. The number of esters is 1. The molecule has 1 amide bonds. The van der Waals surface area contributed by atoms with Crippen molar-refractivity contribution in [2.45, 2.75) is 13.3 Å². The maximum Gasteiger partial charge on any atom is 0.339 e. The number of anilines is 1. The summed E-state index contributed by atoms with van der Waals surface area (Å²) in [7, 11) is 1.31. The molecule has 4 nitrogen and oxygen atoms in total. The van der Waals surface area contributed by atoms with E-state index in [1.54, 1.807) is 30.3 Å². The Morgan fingerprint density at radius 1 is 1.20 bits per heavy atom. The van der Waals surface area contributed by atoms with Gasteiger partial charge in [-0.15, -0.1) is 11.3 Å². The molecule has 0 fully saturated rings. The van der Waals surface area contributed by atoms with Crippen LogP contribution in [-0.4, -0.2) is 19.0 Å². The molecular formula is C15H15NO3S. The van der Waals surface area contributed by atoms with Crippen LogP contribution in [0, 0.1) is 0 Å². The number of hydrogen-bond acceptors (Lipinski definition) is 4. The first kappa shape index (κ1) is 14.3. The van der Waals surface area contributed by atoms with Gasteiger partial charge in [-0.25, -0.2) is 4.79 Å². The third-order valence-corrected chi connectivity index (χ3v) is 4.04. The Morgan fingerprint density at radius 2 is 1.95 bits per heavy atom. The molecule has 5 heteroatoms. The minimum Gasteiger partial charge on any atom is -0.465 e. The predicted molar refractivity (Wildman–Crippen MR) is 79.4 cm³/mol. The van der Waals surface area contributed by atoms with E-state index in [4.69, 9.17) is 4.74 Å². The monoisotopic (exact) mass is 289 g/mol. The first-order valence-electron chi connectivity index (χ1n) is 6.23. The molecule has 0 saturated heterocycles. The number of methoxy groups -OCH3 is 1. The predicted octanol–water partition coefficient (Wildman–Crippen LogP) is 3.35. The molecule has 0 unspecified atom stereocenters. The van der Waals surface area contributed by atoms with Crippen molar-refractivity contribution in [1.29, 1.82) is 0 Å². The summed E-state index contributed by atoms with van der Waals surface area (Å²) in [6.07, 6.45) is 0.899. The Balaban J connectivity index is 2.21. The lowest BCUT2D eigenvalue weighted by Crippen LogP contribution is -2.14. The highest BCUT2D eigenvalue weighted by Crippen LogP contribution is 2.21. The van der Waals surface area contributed by atoms with Crippen molar-refractivity contribution < 1.29 is 14.3 Å². The minimum atomic E-state index is -0.471. The number of thiophene rings is 1. The first-order valence-corrected chi connectivity index (χ1v) is 7.04. The number of hydrogen-bond donors (Lipinski definition) is 1. The van der Waals surface area contributed by atoms with Crippen LogP contribution in [-0.2, 0) is 11.2 Å². The average Bonchev–Trinajstić information content (AvgIpc) is 2.96. The van der Waals surface area contributed by atoms with Crippen molar-refractivity contribution >= 4 is 28.9 Å². The van der Waals surface area contributed by atoms with E-state index in [1.807, 2.05) is 13.0 Å². The highest BCUT2D eigenvalue weighted by atomic mass is 32.1. The zero-order valence-corrected chi connectivity index (χ0v) is 12.1. The largest absolute Gasteiger partial charge is 0.465 e. The van der Waals surface area contributed by atoms with E-state index < -0.39 is 5.97 Å². The number of carbonyl (C=O) groups excluding carboxylic acids is 2. The summed E-state index contributed by atoms with van der Waals surface area (Å²) in [5.74, 6) is -0.688. The minimum absolute atomic E-state index is 0.217. The van der Waals surface area contributed by atoms with Crippen LogP contribution in [0.25, 0.3) is 0 Å². The molecular weight excluding hydrogens is 274 g/mol. The molecule has 0 aliphatic carbocycles. The van der Waals surface area contributed by atoms with E-state index in [2.05, 4.69) is 5.32 Å². The Labute approximate surface area is 121 Å². The summed E-state index contributed by atoms with van der Waals surface area (Å²) in [4.78, 5) is 25.6. The van der Waals surface area contributed by atoms with Crippen LogP contribution in [0.3, 0.4) is 0 Å². The summed E-state index contributed by atoms with van der Waals surface area (Å²) < 4.78 is 4.70. The van der Waals surface area contributed by atoms with E-state index in [-0.39, 0.29) is 5.91 Å². The van der Waals surface area contributed by atoms with Gasteiger partial charge in [-0.3, -0.25) is 4.79 Å². The lowest BCUT2D eigenvalue weighted by Gasteiger charge is -2.08. The van der Waals surface area contributed by atoms with Crippen molar-refractivity contribution in [3.8, 4) is 0 Å². The SMILES string of the molecule is CCc1ccc(C(=O)Nc2ccccc2C(=O)OC)s1. The van der Waals surface area contributed by atoms with Crippen molar-refractivity contribution in [1.82, 2.24) is 0 Å². The number of carbonyl (C=O) groups is 2. The van der Waals surface area contributed by atoms with Gasteiger partial charge in [0.15, 0.2) is 0 Å². The van der Waals surface area contributed by atoms with Crippen LogP contribution in [0.1, 0.15) is 31.8 Å². The maximum absolute atomic E-state index is 12.2. The summed E-state index contributed by atoms with van der Waals surface area (Å²) in [6, 6.07) is 10.5. The highest BCUT2D eigenvalue weighted by Gasteiger charge is 2.15. The fraction of sp³-hybridized carbons (Fsp3) is 0.200. The van der Waals surface area contributed by atoms with Gasteiger partial charge in [0.1, 0.15) is 0 Å². The summed E-state index contributed by atoms with van der Waals surface area (Å²) in [5, 5.41) is 2.75. The van der Waals surface area contributed by atoms with Gasteiger partial charge in [0.05, 0.1) is 23.2 Å². The molecule has 1 aromatic carbocycles. The summed E-state index contributed by atoms with van der Waals surface area (Å²) in [5.41, 5.74) is 0.798. The second-order valence-corrected chi connectivity index (χ2v) is 5.28. The Morgan fingerprint density at radius 3 is 2.60 bits per heavy atom. The summed E-state index contributed by atoms with van der Waals surface area (Å²) in [6.45, 7) is 2.04. The van der Waals surface area contributed by atoms with Gasteiger partial charge < -0.3 is 10.1 Å². The van der Waals surface area contributed by atoms with Gasteiger partial charge >= 0.3 is 5.97 Å². The molecule has 2 rings (SSSR count). The maximum atomic E-state index is 12.2. The highest BCUT2D eigenvalue weighted by molar-refractivity contribution is 7.14. The number of ether oxygens (including phenoxy) is 1. The number of rotatable bonds is 4. The third kappa shape index (κ3) is 3.05. The topological polar surface area (TPSA) is 55.4 Å². The molecule has 0 atom stereocenters. The van der Waals surface area contributed by atoms with Crippen LogP contribution in [0.5, 0.6) is 0 Å². The molecule has 1 aromatic heterocycles. The number of benzene rings is 1. The Kier molecular flexibility index (Phi) is 4.53. The average molecular weight is 289 g/mol. The molecule has 0 bridgehead atoms. The standard InChI is InChI=1S/C15H15NO3S/c1-3-10-8-9-13(20-10)14(17)16-12-7-5-4-6-11(12)15(18)19-2/h4-9H,3H2,1-2H3,(H,16,17). The lowest BCUT2D eigenvalue weighted by molar-refractivity contribution is 0.0602. The molecule has 20 heavy (non-hydrogen) atoms.